The predicted molar refractivity (Wildman–Crippen MR) is 103 cm³/mol. The van der Waals surface area contributed by atoms with Gasteiger partial charge in [0.15, 0.2) is 0 Å². The molecule has 28 heavy (non-hydrogen) atoms. The van der Waals surface area contributed by atoms with Gasteiger partial charge in [-0.3, -0.25) is 9.59 Å². The number of carboxylic acids is 1. The van der Waals surface area contributed by atoms with Crippen molar-refractivity contribution in [2.75, 3.05) is 32.8 Å². The molecule has 8 heteroatoms. The molecule has 4 heterocycles. The minimum atomic E-state index is -0.894. The Hall–Kier alpha value is -1.93. The quantitative estimate of drug-likeness (QED) is 0.829. The van der Waals surface area contributed by atoms with Crippen LogP contribution in [-0.2, 0) is 26.3 Å². The van der Waals surface area contributed by atoms with E-state index >= 15 is 0 Å². The fraction of sp³-hybridized carbons (Fsp3) is 0.650. The summed E-state index contributed by atoms with van der Waals surface area (Å²) in [4.78, 5) is 41.0. The molecule has 7 nitrogen and oxygen atoms in total. The Morgan fingerprint density at radius 3 is 2.68 bits per heavy atom. The summed E-state index contributed by atoms with van der Waals surface area (Å²) in [5.74, 6) is -0.651. The number of likely N-dealkylation sites (tertiary alicyclic amines) is 2. The number of thiophene rings is 1. The number of ether oxygens (including phenoxy) is 1. The zero-order chi connectivity index (χ0) is 19.7. The van der Waals surface area contributed by atoms with Gasteiger partial charge >= 0.3 is 5.97 Å². The molecule has 1 aromatic rings. The number of piperidine rings is 2. The molecule has 152 valence electrons. The lowest BCUT2D eigenvalue weighted by Gasteiger charge is -2.44. The number of rotatable bonds is 4. The Bertz CT molecular complexity index is 782. The van der Waals surface area contributed by atoms with Crippen LogP contribution in [0.5, 0.6) is 0 Å². The average molecular weight is 407 g/mol. The first-order valence-corrected chi connectivity index (χ1v) is 10.9. The highest BCUT2D eigenvalue weighted by atomic mass is 32.1. The van der Waals surface area contributed by atoms with Gasteiger partial charge in [0.1, 0.15) is 4.88 Å². The average Bonchev–Trinajstić information content (AvgIpc) is 3.14. The minimum Gasteiger partial charge on any atom is -0.477 e. The molecule has 4 rings (SSSR count). The molecule has 0 radical (unpaired) electrons. The predicted octanol–water partition coefficient (Wildman–Crippen LogP) is 2.24. The molecule has 2 saturated heterocycles. The van der Waals surface area contributed by atoms with Gasteiger partial charge in [-0.15, -0.1) is 11.3 Å². The van der Waals surface area contributed by atoms with Crippen molar-refractivity contribution in [1.82, 2.24) is 9.80 Å². The van der Waals surface area contributed by atoms with Crippen LogP contribution in [0.25, 0.3) is 0 Å². The van der Waals surface area contributed by atoms with E-state index in [1.807, 2.05) is 9.80 Å². The number of nitrogens with zero attached hydrogens (tertiary/aromatic N) is 2. The van der Waals surface area contributed by atoms with Crippen LogP contribution in [-0.4, -0.2) is 65.5 Å². The van der Waals surface area contributed by atoms with Crippen LogP contribution < -0.4 is 0 Å². The zero-order valence-electron chi connectivity index (χ0n) is 15.9. The van der Waals surface area contributed by atoms with Gasteiger partial charge in [0.25, 0.3) is 0 Å². The van der Waals surface area contributed by atoms with Gasteiger partial charge in [-0.25, -0.2) is 4.79 Å². The normalized spacial score (nSPS) is 21.6. The van der Waals surface area contributed by atoms with E-state index in [1.165, 1.54) is 11.3 Å². The fourth-order valence-electron chi connectivity index (χ4n) is 4.54. The molecule has 0 atom stereocenters. The van der Waals surface area contributed by atoms with Gasteiger partial charge in [0.05, 0.1) is 12.2 Å². The lowest BCUT2D eigenvalue weighted by Crippen LogP contribution is -2.48. The second-order valence-electron chi connectivity index (χ2n) is 7.81. The standard InChI is InChI=1S/C20H26N2O5S/c23-17-3-1-2-8-21(17)9-4-18(24)22-10-6-20(7-11-22)14-13-16(19(25)26)28-15(14)5-12-27-20/h13H,1-12H2,(H,25,26). The van der Waals surface area contributed by atoms with E-state index in [-0.39, 0.29) is 11.8 Å². The zero-order valence-corrected chi connectivity index (χ0v) is 16.8. The molecule has 1 spiro atoms. The lowest BCUT2D eigenvalue weighted by atomic mass is 9.82. The Labute approximate surface area is 168 Å². The van der Waals surface area contributed by atoms with E-state index in [1.54, 1.807) is 6.07 Å². The van der Waals surface area contributed by atoms with E-state index in [4.69, 9.17) is 4.74 Å². The van der Waals surface area contributed by atoms with E-state index in [0.717, 1.165) is 36.2 Å². The monoisotopic (exact) mass is 406 g/mol. The number of carbonyl (C=O) groups is 3. The van der Waals surface area contributed by atoms with E-state index in [0.29, 0.717) is 56.8 Å². The smallest absolute Gasteiger partial charge is 0.345 e. The molecule has 0 aliphatic carbocycles. The Morgan fingerprint density at radius 1 is 1.18 bits per heavy atom. The van der Waals surface area contributed by atoms with Crippen LogP contribution in [0.4, 0.5) is 0 Å². The van der Waals surface area contributed by atoms with Crippen molar-refractivity contribution in [2.24, 2.45) is 0 Å². The van der Waals surface area contributed by atoms with Crippen LogP contribution in [0.15, 0.2) is 6.07 Å². The maximum atomic E-state index is 12.6. The molecule has 3 aliphatic heterocycles. The van der Waals surface area contributed by atoms with Crippen LogP contribution in [0.2, 0.25) is 0 Å². The van der Waals surface area contributed by atoms with Gasteiger partial charge in [-0.2, -0.15) is 0 Å². The summed E-state index contributed by atoms with van der Waals surface area (Å²) in [5, 5.41) is 9.31. The van der Waals surface area contributed by atoms with Crippen molar-refractivity contribution in [1.29, 1.82) is 0 Å². The molecule has 0 unspecified atom stereocenters. The molecule has 1 aromatic heterocycles. The number of amides is 2. The van der Waals surface area contributed by atoms with Gasteiger partial charge in [0.2, 0.25) is 11.8 Å². The Balaban J connectivity index is 1.36. The third-order valence-corrected chi connectivity index (χ3v) is 7.34. The van der Waals surface area contributed by atoms with Gasteiger partial charge in [-0.1, -0.05) is 0 Å². The molecular formula is C20H26N2O5S. The molecule has 0 aromatic carbocycles. The van der Waals surface area contributed by atoms with Crippen molar-refractivity contribution < 1.29 is 24.2 Å². The van der Waals surface area contributed by atoms with Gasteiger partial charge in [-0.05, 0) is 37.3 Å². The summed E-state index contributed by atoms with van der Waals surface area (Å²) < 4.78 is 6.15. The maximum absolute atomic E-state index is 12.6. The first-order chi connectivity index (χ1) is 13.5. The summed E-state index contributed by atoms with van der Waals surface area (Å²) in [7, 11) is 0. The highest BCUT2D eigenvalue weighted by Gasteiger charge is 2.43. The first-order valence-electron chi connectivity index (χ1n) is 10.0. The van der Waals surface area contributed by atoms with Crippen molar-refractivity contribution in [3.63, 3.8) is 0 Å². The molecule has 2 amide bonds. The number of carboxylic acid groups (broad SMARTS) is 1. The number of hydrogen-bond donors (Lipinski definition) is 1. The molecule has 0 bridgehead atoms. The third kappa shape index (κ3) is 3.67. The highest BCUT2D eigenvalue weighted by Crippen LogP contribution is 2.44. The number of carbonyl (C=O) groups excluding carboxylic acids is 2. The molecule has 2 fully saturated rings. The Kier molecular flexibility index (Phi) is 5.42. The van der Waals surface area contributed by atoms with E-state index in [9.17, 15) is 19.5 Å². The van der Waals surface area contributed by atoms with Crippen molar-refractivity contribution in [2.45, 2.75) is 50.5 Å². The van der Waals surface area contributed by atoms with Crippen molar-refractivity contribution >= 4 is 29.1 Å². The first kappa shape index (κ1) is 19.4. The van der Waals surface area contributed by atoms with Crippen molar-refractivity contribution in [3.05, 3.63) is 21.4 Å². The topological polar surface area (TPSA) is 87.2 Å². The molecule has 0 saturated carbocycles. The Morgan fingerprint density at radius 2 is 1.96 bits per heavy atom. The summed E-state index contributed by atoms with van der Waals surface area (Å²) in [6.45, 7) is 3.06. The molecule has 1 N–H and O–H groups in total. The van der Waals surface area contributed by atoms with Gasteiger partial charge < -0.3 is 19.6 Å². The van der Waals surface area contributed by atoms with Crippen LogP contribution in [0, 0.1) is 0 Å². The second kappa shape index (κ2) is 7.83. The number of hydrogen-bond acceptors (Lipinski definition) is 5. The second-order valence-corrected chi connectivity index (χ2v) is 8.95. The van der Waals surface area contributed by atoms with Gasteiger partial charge in [0, 0.05) is 50.3 Å². The summed E-state index contributed by atoms with van der Waals surface area (Å²) in [6.07, 6.45) is 5.05. The largest absolute Gasteiger partial charge is 0.477 e. The summed E-state index contributed by atoms with van der Waals surface area (Å²) >= 11 is 1.34. The van der Waals surface area contributed by atoms with Crippen LogP contribution >= 0.6 is 11.3 Å². The molecular weight excluding hydrogens is 380 g/mol. The SMILES string of the molecule is O=C(O)c1cc2c(s1)CCOC21CCN(C(=O)CCN2CCCCC2=O)CC1. The van der Waals surface area contributed by atoms with E-state index in [2.05, 4.69) is 0 Å². The number of fused-ring (bicyclic) bond motifs is 2. The lowest BCUT2D eigenvalue weighted by molar-refractivity contribution is -0.141. The van der Waals surface area contributed by atoms with Crippen molar-refractivity contribution in [3.8, 4) is 0 Å². The number of aromatic carboxylic acids is 1. The van der Waals surface area contributed by atoms with Crippen LogP contribution in [0.3, 0.4) is 0 Å². The van der Waals surface area contributed by atoms with E-state index < -0.39 is 11.6 Å². The third-order valence-electron chi connectivity index (χ3n) is 6.16. The summed E-state index contributed by atoms with van der Waals surface area (Å²) in [6, 6.07) is 1.76. The maximum Gasteiger partial charge on any atom is 0.345 e. The molecule has 3 aliphatic rings. The minimum absolute atomic E-state index is 0.0841. The highest BCUT2D eigenvalue weighted by molar-refractivity contribution is 7.14. The summed E-state index contributed by atoms with van der Waals surface area (Å²) in [5.41, 5.74) is 0.546. The fourth-order valence-corrected chi connectivity index (χ4v) is 5.61. The van der Waals surface area contributed by atoms with Crippen LogP contribution in [0.1, 0.15) is 58.6 Å².